The van der Waals surface area contributed by atoms with Crippen LogP contribution in [0.5, 0.6) is 0 Å². The van der Waals surface area contributed by atoms with E-state index in [9.17, 15) is 4.79 Å². The van der Waals surface area contributed by atoms with E-state index >= 15 is 0 Å². The van der Waals surface area contributed by atoms with Crippen LogP contribution in [0, 0.1) is 0 Å². The Labute approximate surface area is 144 Å². The number of rotatable bonds is 3. The lowest BCUT2D eigenvalue weighted by Gasteiger charge is -2.30. The molecule has 4 heterocycles. The van der Waals surface area contributed by atoms with Crippen molar-refractivity contribution in [3.8, 4) is 0 Å². The molecule has 1 unspecified atom stereocenters. The molecule has 1 aliphatic rings. The number of amides is 1. The Morgan fingerprint density at radius 3 is 3.00 bits per heavy atom. The van der Waals surface area contributed by atoms with Crippen LogP contribution in [-0.4, -0.2) is 48.4 Å². The zero-order valence-corrected chi connectivity index (χ0v) is 14.3. The molecule has 130 valence electrons. The van der Waals surface area contributed by atoms with Gasteiger partial charge in [-0.25, -0.2) is 9.97 Å². The van der Waals surface area contributed by atoms with Crippen LogP contribution in [0.1, 0.15) is 60.7 Å². The number of nitrogens with zero attached hydrogens (tertiary/aromatic N) is 6. The molecule has 0 saturated carbocycles. The molecule has 1 aliphatic heterocycles. The summed E-state index contributed by atoms with van der Waals surface area (Å²) in [6, 6.07) is 1.81. The Morgan fingerprint density at radius 1 is 1.36 bits per heavy atom. The lowest BCUT2D eigenvalue weighted by molar-refractivity contribution is 0.0698. The van der Waals surface area contributed by atoms with Gasteiger partial charge in [0.25, 0.3) is 5.91 Å². The fourth-order valence-electron chi connectivity index (χ4n) is 3.11. The van der Waals surface area contributed by atoms with Crippen LogP contribution >= 0.6 is 0 Å². The summed E-state index contributed by atoms with van der Waals surface area (Å²) in [5, 5.41) is 4.11. The Bertz CT molecular complexity index is 866. The second kappa shape index (κ2) is 6.27. The maximum Gasteiger partial charge on any atom is 0.274 e. The molecule has 0 bridgehead atoms. The molecule has 8 nitrogen and oxygen atoms in total. The highest BCUT2D eigenvalue weighted by atomic mass is 16.5. The number of piperidine rings is 1. The molecule has 1 saturated heterocycles. The van der Waals surface area contributed by atoms with Crippen LogP contribution < -0.4 is 0 Å². The van der Waals surface area contributed by atoms with Gasteiger partial charge in [-0.2, -0.15) is 4.98 Å². The van der Waals surface area contributed by atoms with Gasteiger partial charge in [-0.05, 0) is 18.9 Å². The number of imidazole rings is 1. The van der Waals surface area contributed by atoms with Crippen molar-refractivity contribution in [2.75, 3.05) is 13.1 Å². The van der Waals surface area contributed by atoms with Crippen molar-refractivity contribution in [2.24, 2.45) is 0 Å². The maximum absolute atomic E-state index is 12.8. The lowest BCUT2D eigenvalue weighted by Crippen LogP contribution is -2.39. The summed E-state index contributed by atoms with van der Waals surface area (Å²) < 4.78 is 7.06. The summed E-state index contributed by atoms with van der Waals surface area (Å²) in [5.41, 5.74) is 0.412. The van der Waals surface area contributed by atoms with E-state index in [1.807, 2.05) is 31.0 Å². The van der Waals surface area contributed by atoms with E-state index in [2.05, 4.69) is 20.1 Å². The summed E-state index contributed by atoms with van der Waals surface area (Å²) in [6.45, 7) is 5.33. The minimum atomic E-state index is -0.0808. The Kier molecular flexibility index (Phi) is 3.95. The van der Waals surface area contributed by atoms with Gasteiger partial charge in [-0.1, -0.05) is 19.0 Å². The van der Waals surface area contributed by atoms with E-state index in [4.69, 9.17) is 4.52 Å². The fourth-order valence-corrected chi connectivity index (χ4v) is 3.11. The number of carbonyl (C=O) groups excluding carboxylic acids is 1. The van der Waals surface area contributed by atoms with E-state index < -0.39 is 0 Å². The highest BCUT2D eigenvalue weighted by molar-refractivity contribution is 5.92. The van der Waals surface area contributed by atoms with Gasteiger partial charge in [0.2, 0.25) is 11.7 Å². The van der Waals surface area contributed by atoms with Crippen LogP contribution in [-0.2, 0) is 0 Å². The van der Waals surface area contributed by atoms with Gasteiger partial charge in [0, 0.05) is 43.5 Å². The normalized spacial score (nSPS) is 18.2. The van der Waals surface area contributed by atoms with Crippen LogP contribution in [0.25, 0.3) is 5.78 Å². The summed E-state index contributed by atoms with van der Waals surface area (Å²) in [4.78, 5) is 27.6. The van der Waals surface area contributed by atoms with E-state index in [-0.39, 0.29) is 17.7 Å². The third-order valence-corrected chi connectivity index (χ3v) is 4.48. The Morgan fingerprint density at radius 2 is 2.24 bits per heavy atom. The second-order valence-electron chi connectivity index (χ2n) is 6.69. The first kappa shape index (κ1) is 15.7. The molecular formula is C17H20N6O2. The molecule has 1 atom stereocenters. The van der Waals surface area contributed by atoms with Crippen molar-refractivity contribution in [3.63, 3.8) is 0 Å². The van der Waals surface area contributed by atoms with Gasteiger partial charge >= 0.3 is 0 Å². The first-order valence-electron chi connectivity index (χ1n) is 8.54. The van der Waals surface area contributed by atoms with Gasteiger partial charge < -0.3 is 9.42 Å². The molecule has 25 heavy (non-hydrogen) atoms. The van der Waals surface area contributed by atoms with E-state index in [0.717, 1.165) is 12.8 Å². The smallest absolute Gasteiger partial charge is 0.274 e. The molecule has 0 N–H and O–H groups in total. The molecule has 0 spiro atoms. The molecule has 1 amide bonds. The zero-order chi connectivity index (χ0) is 17.4. The van der Waals surface area contributed by atoms with Crippen molar-refractivity contribution >= 4 is 11.7 Å². The third kappa shape index (κ3) is 2.99. The zero-order valence-electron chi connectivity index (χ0n) is 14.3. The Balaban J connectivity index is 1.52. The van der Waals surface area contributed by atoms with Crippen molar-refractivity contribution in [1.29, 1.82) is 0 Å². The molecule has 0 aliphatic carbocycles. The van der Waals surface area contributed by atoms with Gasteiger partial charge in [0.05, 0.1) is 0 Å². The van der Waals surface area contributed by atoms with Gasteiger partial charge in [-0.15, -0.1) is 0 Å². The average Bonchev–Trinajstić information content (AvgIpc) is 3.28. The second-order valence-corrected chi connectivity index (χ2v) is 6.69. The summed E-state index contributed by atoms with van der Waals surface area (Å²) >= 11 is 0. The first-order valence-corrected chi connectivity index (χ1v) is 8.54. The van der Waals surface area contributed by atoms with Crippen molar-refractivity contribution in [3.05, 3.63) is 42.1 Å². The van der Waals surface area contributed by atoms with E-state index in [1.54, 1.807) is 16.8 Å². The number of hydrogen-bond acceptors (Lipinski definition) is 6. The fraction of sp³-hybridized carbons (Fsp3) is 0.471. The standard InChI is InChI=1S/C17H20N6O2/c1-11(2)15-20-14(21-25-15)12-5-3-7-22(9-12)16(24)13-10-23-8-4-6-18-17(23)19-13/h4,6,8,10-12H,3,5,7,9H2,1-2H3. The number of fused-ring (bicyclic) bond motifs is 1. The molecular weight excluding hydrogens is 320 g/mol. The largest absolute Gasteiger partial charge is 0.339 e. The van der Waals surface area contributed by atoms with Gasteiger partial charge in [0.1, 0.15) is 5.69 Å². The molecule has 8 heteroatoms. The number of hydrogen-bond donors (Lipinski definition) is 0. The van der Waals surface area contributed by atoms with Gasteiger partial charge in [0.15, 0.2) is 5.82 Å². The van der Waals surface area contributed by atoms with Crippen LogP contribution in [0.3, 0.4) is 0 Å². The molecule has 3 aromatic heterocycles. The maximum atomic E-state index is 12.8. The van der Waals surface area contributed by atoms with Crippen LogP contribution in [0.15, 0.2) is 29.2 Å². The quantitative estimate of drug-likeness (QED) is 0.726. The molecule has 4 rings (SSSR count). The number of carbonyl (C=O) groups is 1. The average molecular weight is 340 g/mol. The highest BCUT2D eigenvalue weighted by Gasteiger charge is 2.29. The summed E-state index contributed by atoms with van der Waals surface area (Å²) in [7, 11) is 0. The van der Waals surface area contributed by atoms with E-state index in [1.165, 1.54) is 0 Å². The molecule has 0 radical (unpaired) electrons. The molecule has 1 fully saturated rings. The van der Waals surface area contributed by atoms with Crippen LogP contribution in [0.4, 0.5) is 0 Å². The van der Waals surface area contributed by atoms with Gasteiger partial charge in [-0.3, -0.25) is 9.20 Å². The van der Waals surface area contributed by atoms with Crippen LogP contribution in [0.2, 0.25) is 0 Å². The lowest BCUT2D eigenvalue weighted by atomic mass is 9.97. The molecule has 0 aromatic carbocycles. The Hall–Kier alpha value is -2.77. The topological polar surface area (TPSA) is 89.4 Å². The summed E-state index contributed by atoms with van der Waals surface area (Å²) in [5.74, 6) is 2.09. The third-order valence-electron chi connectivity index (χ3n) is 4.48. The van der Waals surface area contributed by atoms with Crippen molar-refractivity contribution in [2.45, 2.75) is 38.5 Å². The first-order chi connectivity index (χ1) is 12.1. The number of aromatic nitrogens is 5. The van der Waals surface area contributed by atoms with Crippen molar-refractivity contribution < 1.29 is 9.32 Å². The highest BCUT2D eigenvalue weighted by Crippen LogP contribution is 2.27. The summed E-state index contributed by atoms with van der Waals surface area (Å²) in [6.07, 6.45) is 7.08. The molecule has 3 aromatic rings. The minimum absolute atomic E-state index is 0.0808. The van der Waals surface area contributed by atoms with E-state index in [0.29, 0.717) is 36.3 Å². The predicted octanol–water partition coefficient (Wildman–Crippen LogP) is 2.26. The number of likely N-dealkylation sites (tertiary alicyclic amines) is 1. The SMILES string of the molecule is CC(C)c1nc(C2CCCN(C(=O)c3cn4cccnc4n3)C2)no1. The van der Waals surface area contributed by atoms with Crippen molar-refractivity contribution in [1.82, 2.24) is 29.4 Å². The predicted molar refractivity (Wildman–Crippen MR) is 89.3 cm³/mol. The monoisotopic (exact) mass is 340 g/mol. The minimum Gasteiger partial charge on any atom is -0.339 e.